The molecule has 0 aromatic heterocycles. The summed E-state index contributed by atoms with van der Waals surface area (Å²) in [5.41, 5.74) is 0.971. The van der Waals surface area contributed by atoms with Gasteiger partial charge in [0.25, 0.3) is 0 Å². The first kappa shape index (κ1) is 16.5. The van der Waals surface area contributed by atoms with Gasteiger partial charge in [-0.15, -0.1) is 23.5 Å². The van der Waals surface area contributed by atoms with E-state index in [1.165, 1.54) is 23.9 Å². The van der Waals surface area contributed by atoms with Crippen LogP contribution in [0.3, 0.4) is 0 Å². The minimum absolute atomic E-state index is 0.0335. The number of amides is 1. The van der Waals surface area contributed by atoms with E-state index in [0.29, 0.717) is 5.75 Å². The highest BCUT2D eigenvalue weighted by Crippen LogP contribution is 2.43. The third kappa shape index (κ3) is 3.39. The maximum absolute atomic E-state index is 13.0. The van der Waals surface area contributed by atoms with Crippen LogP contribution in [0.5, 0.6) is 0 Å². The first-order chi connectivity index (χ1) is 12.2. The smallest absolute Gasteiger partial charge is 0.237 e. The van der Waals surface area contributed by atoms with Gasteiger partial charge in [0.2, 0.25) is 5.91 Å². The molecule has 5 heteroatoms. The Kier molecular flexibility index (Phi) is 4.68. The maximum atomic E-state index is 13.0. The van der Waals surface area contributed by atoms with Crippen molar-refractivity contribution in [2.45, 2.75) is 21.1 Å². The number of hydrogen-bond acceptors (Lipinski definition) is 3. The molecule has 0 radical (unpaired) electrons. The summed E-state index contributed by atoms with van der Waals surface area (Å²) in [6, 6.07) is 14.3. The Labute approximate surface area is 154 Å². The molecule has 4 rings (SSSR count). The molecular formula is C20H16FNOS2. The van der Waals surface area contributed by atoms with Crippen LogP contribution in [0, 0.1) is 5.82 Å². The Hall–Kier alpha value is -1.98. The van der Waals surface area contributed by atoms with E-state index in [-0.39, 0.29) is 23.0 Å². The first-order valence-corrected chi connectivity index (χ1v) is 9.90. The monoisotopic (exact) mass is 369 g/mol. The second kappa shape index (κ2) is 7.10. The van der Waals surface area contributed by atoms with Gasteiger partial charge in [-0.2, -0.15) is 0 Å². The Balaban J connectivity index is 1.58. The molecule has 1 aliphatic carbocycles. The van der Waals surface area contributed by atoms with Gasteiger partial charge in [-0.1, -0.05) is 36.4 Å². The van der Waals surface area contributed by atoms with Crippen LogP contribution in [0.2, 0.25) is 0 Å². The van der Waals surface area contributed by atoms with Crippen molar-refractivity contribution < 1.29 is 9.18 Å². The Morgan fingerprint density at radius 3 is 2.68 bits per heavy atom. The molecule has 0 unspecified atom stereocenters. The number of fused-ring (bicyclic) bond motifs is 2. The lowest BCUT2D eigenvalue weighted by molar-refractivity contribution is -0.116. The lowest BCUT2D eigenvalue weighted by atomic mass is 10.0. The second-order valence-corrected chi connectivity index (χ2v) is 8.09. The normalized spacial score (nSPS) is 20.9. The van der Waals surface area contributed by atoms with E-state index >= 15 is 0 Å². The van der Waals surface area contributed by atoms with Crippen LogP contribution in [0.15, 0.2) is 82.6 Å². The predicted molar refractivity (Wildman–Crippen MR) is 103 cm³/mol. The van der Waals surface area contributed by atoms with Gasteiger partial charge in [0, 0.05) is 9.79 Å². The van der Waals surface area contributed by atoms with Gasteiger partial charge in [-0.3, -0.25) is 4.79 Å². The van der Waals surface area contributed by atoms with Crippen LogP contribution in [0.1, 0.15) is 0 Å². The highest BCUT2D eigenvalue weighted by molar-refractivity contribution is 8.00. The highest BCUT2D eigenvalue weighted by atomic mass is 32.2. The maximum Gasteiger partial charge on any atom is 0.237 e. The van der Waals surface area contributed by atoms with Gasteiger partial charge in [-0.25, -0.2) is 4.39 Å². The number of carbonyl (C=O) groups is 1. The number of thioether (sulfide) groups is 2. The molecule has 2 nitrogen and oxygen atoms in total. The molecule has 0 N–H and O–H groups in total. The topological polar surface area (TPSA) is 20.3 Å². The summed E-state index contributed by atoms with van der Waals surface area (Å²) in [6.07, 6.45) is 8.29. The number of rotatable bonds is 3. The number of anilines is 1. The molecule has 126 valence electrons. The molecule has 2 atom stereocenters. The van der Waals surface area contributed by atoms with Crippen molar-refractivity contribution in [3.63, 3.8) is 0 Å². The molecular weight excluding hydrogens is 353 g/mol. The predicted octanol–water partition coefficient (Wildman–Crippen LogP) is 4.92. The van der Waals surface area contributed by atoms with Crippen LogP contribution in [-0.2, 0) is 4.79 Å². The van der Waals surface area contributed by atoms with Crippen molar-refractivity contribution in [2.24, 2.45) is 0 Å². The van der Waals surface area contributed by atoms with Gasteiger partial charge in [-0.05, 0) is 36.4 Å². The summed E-state index contributed by atoms with van der Waals surface area (Å²) in [5, 5.41) is 0.236. The summed E-state index contributed by atoms with van der Waals surface area (Å²) in [4.78, 5) is 17.0. The standard InChI is InChI=1S/C20H16FNOS2/c21-14-9-11-15(12-10-14)24-13-20(23)22-16-5-1-3-7-18(16)25-19-8-4-2-6-17(19)22/h1-12,16,18H,13H2/t16-,18+/m1/s1. The number of hydrogen-bond donors (Lipinski definition) is 0. The van der Waals surface area contributed by atoms with Crippen molar-refractivity contribution in [1.29, 1.82) is 0 Å². The summed E-state index contributed by atoms with van der Waals surface area (Å²) < 4.78 is 13.0. The molecule has 0 saturated carbocycles. The van der Waals surface area contributed by atoms with Crippen LogP contribution in [0.25, 0.3) is 0 Å². The van der Waals surface area contributed by atoms with Gasteiger partial charge in [0.15, 0.2) is 0 Å². The van der Waals surface area contributed by atoms with E-state index in [2.05, 4.69) is 18.2 Å². The zero-order valence-electron chi connectivity index (χ0n) is 13.3. The number of nitrogens with zero attached hydrogens (tertiary/aromatic N) is 1. The Morgan fingerprint density at radius 1 is 1.08 bits per heavy atom. The number of halogens is 1. The van der Waals surface area contributed by atoms with Crippen molar-refractivity contribution in [3.8, 4) is 0 Å². The van der Waals surface area contributed by atoms with Crippen molar-refractivity contribution in [1.82, 2.24) is 0 Å². The molecule has 2 aromatic carbocycles. The fraction of sp³-hybridized carbons (Fsp3) is 0.150. The van der Waals surface area contributed by atoms with Crippen molar-refractivity contribution in [3.05, 3.63) is 78.7 Å². The molecule has 1 aliphatic heterocycles. The molecule has 2 aromatic rings. The molecule has 0 bridgehead atoms. The van der Waals surface area contributed by atoms with Gasteiger partial charge in [0.1, 0.15) is 5.82 Å². The molecule has 0 fully saturated rings. The quantitative estimate of drug-likeness (QED) is 0.716. The van der Waals surface area contributed by atoms with E-state index in [4.69, 9.17) is 0 Å². The van der Waals surface area contributed by atoms with Crippen molar-refractivity contribution in [2.75, 3.05) is 10.7 Å². The second-order valence-electron chi connectivity index (χ2n) is 5.82. The molecule has 0 spiro atoms. The Morgan fingerprint density at radius 2 is 1.84 bits per heavy atom. The van der Waals surface area contributed by atoms with Crippen LogP contribution in [-0.4, -0.2) is 23.0 Å². The van der Waals surface area contributed by atoms with Gasteiger partial charge >= 0.3 is 0 Å². The Bertz CT molecular complexity index is 847. The highest BCUT2D eigenvalue weighted by Gasteiger charge is 2.36. The SMILES string of the molecule is O=C(CSc1ccc(F)cc1)N1c2ccccc2S[C@H]2C=CC=C[C@H]21. The van der Waals surface area contributed by atoms with E-state index in [1.807, 2.05) is 35.3 Å². The average Bonchev–Trinajstić information content (AvgIpc) is 2.65. The lowest BCUT2D eigenvalue weighted by Crippen LogP contribution is -2.48. The van der Waals surface area contributed by atoms with E-state index in [0.717, 1.165) is 15.5 Å². The number of carbonyl (C=O) groups excluding carboxylic acids is 1. The first-order valence-electron chi connectivity index (χ1n) is 8.03. The summed E-state index contributed by atoms with van der Waals surface area (Å²) in [7, 11) is 0. The lowest BCUT2D eigenvalue weighted by Gasteiger charge is -2.40. The molecule has 1 heterocycles. The number of allylic oxidation sites excluding steroid dienone is 2. The summed E-state index contributed by atoms with van der Waals surface area (Å²) >= 11 is 3.24. The van der Waals surface area contributed by atoms with E-state index < -0.39 is 0 Å². The fourth-order valence-electron chi connectivity index (χ4n) is 3.03. The van der Waals surface area contributed by atoms with E-state index in [9.17, 15) is 9.18 Å². The summed E-state index contributed by atoms with van der Waals surface area (Å²) in [6.45, 7) is 0. The molecule has 0 saturated heterocycles. The molecule has 25 heavy (non-hydrogen) atoms. The van der Waals surface area contributed by atoms with E-state index in [1.54, 1.807) is 23.9 Å². The number of benzene rings is 2. The molecule has 1 amide bonds. The summed E-state index contributed by atoms with van der Waals surface area (Å²) in [5.74, 6) is 0.127. The fourth-order valence-corrected chi connectivity index (χ4v) is 5.04. The minimum Gasteiger partial charge on any atom is -0.302 e. The number of para-hydroxylation sites is 1. The largest absolute Gasteiger partial charge is 0.302 e. The van der Waals surface area contributed by atoms with Crippen LogP contribution >= 0.6 is 23.5 Å². The van der Waals surface area contributed by atoms with Crippen LogP contribution < -0.4 is 4.90 Å². The van der Waals surface area contributed by atoms with Crippen molar-refractivity contribution >= 4 is 35.1 Å². The van der Waals surface area contributed by atoms with Gasteiger partial charge < -0.3 is 4.90 Å². The minimum atomic E-state index is -0.264. The van der Waals surface area contributed by atoms with Gasteiger partial charge in [0.05, 0.1) is 22.7 Å². The molecule has 2 aliphatic rings. The zero-order chi connectivity index (χ0) is 17.2. The average molecular weight is 369 g/mol. The van der Waals surface area contributed by atoms with Crippen LogP contribution in [0.4, 0.5) is 10.1 Å². The third-order valence-electron chi connectivity index (χ3n) is 4.19. The zero-order valence-corrected chi connectivity index (χ0v) is 15.0. The third-order valence-corrected chi connectivity index (χ3v) is 6.49.